The van der Waals surface area contributed by atoms with Gasteiger partial charge in [-0.1, -0.05) is 36.4 Å². The second-order valence-electron chi connectivity index (χ2n) is 6.14. The number of carbonyl (C=O) groups is 2. The van der Waals surface area contributed by atoms with Gasteiger partial charge in [-0.05, 0) is 48.9 Å². The number of aryl methyl sites for hydroxylation is 1. The Balaban J connectivity index is 1.65. The molecule has 0 heterocycles. The van der Waals surface area contributed by atoms with E-state index < -0.39 is 6.09 Å². The molecule has 0 saturated heterocycles. The van der Waals surface area contributed by atoms with Crippen LogP contribution in [0.2, 0.25) is 0 Å². The number of carbonyl (C=O) groups excluding carboxylic acids is 2. The summed E-state index contributed by atoms with van der Waals surface area (Å²) >= 11 is 0. The largest absolute Gasteiger partial charge is 0.493 e. The van der Waals surface area contributed by atoms with E-state index in [9.17, 15) is 9.59 Å². The number of nitrogens with one attached hydrogen (secondary N) is 3. The number of amides is 3. The van der Waals surface area contributed by atoms with Crippen LogP contribution in [0.1, 0.15) is 5.56 Å². The van der Waals surface area contributed by atoms with Crippen LogP contribution in [0.5, 0.6) is 11.5 Å². The topological polar surface area (TPSA) is 88.7 Å². The number of methoxy groups -OCH3 is 1. The zero-order chi connectivity index (χ0) is 20.6. The SMILES string of the molecule is COc1ccccc1OC(=O)Nc1cc(NC(=O)Nc2ccccc2)ccc1C. The van der Waals surface area contributed by atoms with Crippen molar-refractivity contribution in [1.29, 1.82) is 0 Å². The van der Waals surface area contributed by atoms with Crippen LogP contribution in [0.4, 0.5) is 26.7 Å². The zero-order valence-electron chi connectivity index (χ0n) is 16.1. The van der Waals surface area contributed by atoms with Crippen molar-refractivity contribution >= 4 is 29.2 Å². The summed E-state index contributed by atoms with van der Waals surface area (Å²) in [5, 5.41) is 8.16. The fourth-order valence-electron chi connectivity index (χ4n) is 2.59. The van der Waals surface area contributed by atoms with Crippen molar-refractivity contribution in [3.8, 4) is 11.5 Å². The van der Waals surface area contributed by atoms with Crippen molar-refractivity contribution in [2.45, 2.75) is 6.92 Å². The van der Waals surface area contributed by atoms with Gasteiger partial charge >= 0.3 is 12.1 Å². The van der Waals surface area contributed by atoms with Crippen molar-refractivity contribution in [2.24, 2.45) is 0 Å². The fourth-order valence-corrected chi connectivity index (χ4v) is 2.59. The van der Waals surface area contributed by atoms with E-state index in [1.165, 1.54) is 7.11 Å². The molecule has 0 aliphatic rings. The van der Waals surface area contributed by atoms with Crippen LogP contribution in [0, 0.1) is 6.92 Å². The molecular weight excluding hydrogens is 370 g/mol. The highest BCUT2D eigenvalue weighted by atomic mass is 16.6. The molecule has 3 N–H and O–H groups in total. The predicted molar refractivity (Wildman–Crippen MR) is 113 cm³/mol. The fraction of sp³-hybridized carbons (Fsp3) is 0.0909. The standard InChI is InChI=1S/C22H21N3O4/c1-15-12-13-17(24-21(26)23-16-8-4-3-5-9-16)14-18(15)25-22(27)29-20-11-7-6-10-19(20)28-2/h3-14H,1-2H3,(H,25,27)(H2,23,24,26). The second kappa shape index (κ2) is 9.27. The lowest BCUT2D eigenvalue weighted by molar-refractivity contribution is 0.213. The molecule has 3 amide bonds. The number of ether oxygens (including phenoxy) is 2. The molecule has 0 spiro atoms. The molecule has 0 fully saturated rings. The van der Waals surface area contributed by atoms with Crippen LogP contribution in [-0.2, 0) is 0 Å². The van der Waals surface area contributed by atoms with Crippen molar-refractivity contribution in [2.75, 3.05) is 23.1 Å². The molecule has 3 aromatic carbocycles. The summed E-state index contributed by atoms with van der Waals surface area (Å²) in [7, 11) is 1.50. The maximum Gasteiger partial charge on any atom is 0.417 e. The first-order valence-electron chi connectivity index (χ1n) is 8.90. The second-order valence-corrected chi connectivity index (χ2v) is 6.14. The highest BCUT2D eigenvalue weighted by Gasteiger charge is 2.12. The summed E-state index contributed by atoms with van der Waals surface area (Å²) < 4.78 is 10.5. The number of anilines is 3. The van der Waals surface area contributed by atoms with Gasteiger partial charge in [0.05, 0.1) is 7.11 Å². The van der Waals surface area contributed by atoms with Crippen molar-refractivity contribution in [3.63, 3.8) is 0 Å². The highest BCUT2D eigenvalue weighted by molar-refractivity contribution is 6.00. The average Bonchev–Trinajstić information content (AvgIpc) is 2.71. The minimum atomic E-state index is -0.663. The van der Waals surface area contributed by atoms with E-state index in [4.69, 9.17) is 9.47 Å². The van der Waals surface area contributed by atoms with E-state index >= 15 is 0 Å². The first-order valence-corrected chi connectivity index (χ1v) is 8.90. The lowest BCUT2D eigenvalue weighted by atomic mass is 10.2. The number of rotatable bonds is 5. The van der Waals surface area contributed by atoms with Gasteiger partial charge in [0.25, 0.3) is 0 Å². The Kier molecular flexibility index (Phi) is 6.32. The maximum atomic E-state index is 12.3. The molecule has 7 heteroatoms. The minimum Gasteiger partial charge on any atom is -0.493 e. The van der Waals surface area contributed by atoms with Gasteiger partial charge in [-0.25, -0.2) is 9.59 Å². The molecule has 148 valence electrons. The quantitative estimate of drug-likeness (QED) is 0.554. The number of hydrogen-bond acceptors (Lipinski definition) is 4. The van der Waals surface area contributed by atoms with Crippen LogP contribution in [0.15, 0.2) is 72.8 Å². The first kappa shape index (κ1) is 19.8. The van der Waals surface area contributed by atoms with E-state index in [-0.39, 0.29) is 6.03 Å². The third kappa shape index (κ3) is 5.49. The average molecular weight is 391 g/mol. The van der Waals surface area contributed by atoms with Gasteiger partial charge in [0.1, 0.15) is 0 Å². The Morgan fingerprint density at radius 3 is 2.14 bits per heavy atom. The highest BCUT2D eigenvalue weighted by Crippen LogP contribution is 2.27. The van der Waals surface area contributed by atoms with E-state index in [1.54, 1.807) is 54.6 Å². The molecular formula is C22H21N3O4. The van der Waals surface area contributed by atoms with Crippen LogP contribution < -0.4 is 25.4 Å². The summed E-state index contributed by atoms with van der Waals surface area (Å²) in [5.41, 5.74) is 2.53. The third-order valence-corrected chi connectivity index (χ3v) is 4.04. The smallest absolute Gasteiger partial charge is 0.417 e. The Bertz CT molecular complexity index is 1010. The zero-order valence-corrected chi connectivity index (χ0v) is 16.1. The Labute approximate surface area is 168 Å². The Morgan fingerprint density at radius 1 is 0.759 bits per heavy atom. The summed E-state index contributed by atoms with van der Waals surface area (Å²) in [5.74, 6) is 0.758. The Hall–Kier alpha value is -4.00. The van der Waals surface area contributed by atoms with Crippen LogP contribution >= 0.6 is 0 Å². The third-order valence-electron chi connectivity index (χ3n) is 4.04. The van der Waals surface area contributed by atoms with Gasteiger partial charge < -0.3 is 20.1 Å². The van der Waals surface area contributed by atoms with E-state index in [0.717, 1.165) is 5.56 Å². The van der Waals surface area contributed by atoms with Gasteiger partial charge in [-0.2, -0.15) is 0 Å². The van der Waals surface area contributed by atoms with Gasteiger partial charge in [0.2, 0.25) is 0 Å². The molecule has 0 saturated carbocycles. The number of para-hydroxylation sites is 3. The molecule has 0 unspecified atom stereocenters. The van der Waals surface area contributed by atoms with Crippen molar-refractivity contribution < 1.29 is 19.1 Å². The van der Waals surface area contributed by atoms with E-state index in [0.29, 0.717) is 28.6 Å². The number of urea groups is 1. The number of benzene rings is 3. The van der Waals surface area contributed by atoms with Crippen molar-refractivity contribution in [1.82, 2.24) is 0 Å². The van der Waals surface area contributed by atoms with E-state index in [2.05, 4.69) is 16.0 Å². The molecule has 0 bridgehead atoms. The maximum absolute atomic E-state index is 12.3. The Morgan fingerprint density at radius 2 is 1.41 bits per heavy atom. The summed E-state index contributed by atoms with van der Waals surface area (Å²) in [6.07, 6.45) is -0.663. The molecule has 0 radical (unpaired) electrons. The normalized spacial score (nSPS) is 10.0. The van der Waals surface area contributed by atoms with Crippen LogP contribution in [0.25, 0.3) is 0 Å². The molecule has 7 nitrogen and oxygen atoms in total. The number of hydrogen-bond donors (Lipinski definition) is 3. The molecule has 0 aliphatic carbocycles. The van der Waals surface area contributed by atoms with Gasteiger partial charge in [0.15, 0.2) is 11.5 Å². The monoisotopic (exact) mass is 391 g/mol. The minimum absolute atomic E-state index is 0.307. The lowest BCUT2D eigenvalue weighted by Gasteiger charge is -2.13. The van der Waals surface area contributed by atoms with Gasteiger partial charge in [0, 0.05) is 17.1 Å². The summed E-state index contributed by atoms with van der Waals surface area (Å²) in [4.78, 5) is 24.5. The van der Waals surface area contributed by atoms with Crippen molar-refractivity contribution in [3.05, 3.63) is 78.4 Å². The van der Waals surface area contributed by atoms with Gasteiger partial charge in [-0.3, -0.25) is 5.32 Å². The summed E-state index contributed by atoms with van der Waals surface area (Å²) in [6, 6.07) is 20.8. The molecule has 3 rings (SSSR count). The lowest BCUT2D eigenvalue weighted by Crippen LogP contribution is -2.20. The summed E-state index contributed by atoms with van der Waals surface area (Å²) in [6.45, 7) is 1.84. The first-order chi connectivity index (χ1) is 14.0. The van der Waals surface area contributed by atoms with E-state index in [1.807, 2.05) is 25.1 Å². The molecule has 0 atom stereocenters. The van der Waals surface area contributed by atoms with Crippen LogP contribution in [-0.4, -0.2) is 19.2 Å². The van der Waals surface area contributed by atoms with Gasteiger partial charge in [-0.15, -0.1) is 0 Å². The molecule has 3 aromatic rings. The molecule has 29 heavy (non-hydrogen) atoms. The predicted octanol–water partition coefficient (Wildman–Crippen LogP) is 5.26. The molecule has 0 aromatic heterocycles. The molecule has 0 aliphatic heterocycles. The van der Waals surface area contributed by atoms with Crippen LogP contribution in [0.3, 0.4) is 0 Å².